The summed E-state index contributed by atoms with van der Waals surface area (Å²) in [6, 6.07) is 10.5. The van der Waals surface area contributed by atoms with Crippen LogP contribution in [0.25, 0.3) is 11.0 Å². The number of hydrogen-bond donors (Lipinski definition) is 0. The minimum atomic E-state index is -0.319. The number of benzene rings is 1. The number of carbonyl (C=O) groups is 1. The maximum atomic E-state index is 13.9. The van der Waals surface area contributed by atoms with Gasteiger partial charge in [0.15, 0.2) is 11.6 Å². The number of para-hydroxylation sites is 1. The number of halogens is 1. The second-order valence-corrected chi connectivity index (χ2v) is 9.79. The Kier molecular flexibility index (Phi) is 7.05. The topological polar surface area (TPSA) is 67.7 Å². The predicted molar refractivity (Wildman–Crippen MR) is 137 cm³/mol. The summed E-state index contributed by atoms with van der Waals surface area (Å²) in [7, 11) is 0. The van der Waals surface area contributed by atoms with Gasteiger partial charge in [-0.15, -0.1) is 0 Å². The number of aryl methyl sites for hydroxylation is 2. The van der Waals surface area contributed by atoms with Crippen LogP contribution in [0.5, 0.6) is 5.75 Å². The summed E-state index contributed by atoms with van der Waals surface area (Å²) in [6.07, 6.45) is 5.16. The van der Waals surface area contributed by atoms with Gasteiger partial charge in [0.05, 0.1) is 5.39 Å². The first kappa shape index (κ1) is 24.4. The van der Waals surface area contributed by atoms with Gasteiger partial charge in [-0.25, -0.2) is 9.37 Å². The molecule has 0 N–H and O–H groups in total. The van der Waals surface area contributed by atoms with E-state index >= 15 is 0 Å². The van der Waals surface area contributed by atoms with Crippen molar-refractivity contribution in [2.24, 2.45) is 0 Å². The second-order valence-electron chi connectivity index (χ2n) is 9.79. The Morgan fingerprint density at radius 1 is 1.06 bits per heavy atom. The summed E-state index contributed by atoms with van der Waals surface area (Å²) in [5.41, 5.74) is 1.44. The van der Waals surface area contributed by atoms with E-state index in [-0.39, 0.29) is 28.8 Å². The lowest BCUT2D eigenvalue weighted by molar-refractivity contribution is 0.0415. The van der Waals surface area contributed by atoms with Gasteiger partial charge in [0, 0.05) is 50.7 Å². The monoisotopic (exact) mass is 492 g/mol. The molecule has 2 saturated heterocycles. The third kappa shape index (κ3) is 4.87. The fourth-order valence-electron chi connectivity index (χ4n) is 5.44. The van der Waals surface area contributed by atoms with E-state index in [0.29, 0.717) is 42.5 Å². The van der Waals surface area contributed by atoms with Crippen molar-refractivity contribution >= 4 is 16.9 Å². The van der Waals surface area contributed by atoms with E-state index in [1.165, 1.54) is 6.07 Å². The molecule has 8 heteroatoms. The Labute approximate surface area is 210 Å². The highest BCUT2D eigenvalue weighted by molar-refractivity contribution is 5.97. The van der Waals surface area contributed by atoms with Crippen LogP contribution in [0.1, 0.15) is 48.7 Å². The Bertz CT molecular complexity index is 1310. The predicted octanol–water partition coefficient (Wildman–Crippen LogP) is 4.01. The first-order chi connectivity index (χ1) is 17.4. The normalized spacial score (nSPS) is 18.0. The van der Waals surface area contributed by atoms with E-state index in [1.807, 2.05) is 29.4 Å². The van der Waals surface area contributed by atoms with Crippen molar-refractivity contribution < 1.29 is 13.9 Å². The maximum absolute atomic E-state index is 13.9. The minimum absolute atomic E-state index is 0.0201. The smallest absolute Gasteiger partial charge is 0.259 e. The molecule has 5 rings (SSSR count). The number of piperidine rings is 2. The summed E-state index contributed by atoms with van der Waals surface area (Å²) >= 11 is 0. The quantitative estimate of drug-likeness (QED) is 0.538. The van der Waals surface area contributed by atoms with Gasteiger partial charge in [-0.2, -0.15) is 0 Å². The summed E-state index contributed by atoms with van der Waals surface area (Å²) in [5, 5.41) is 0.489. The number of pyridine rings is 2. The second kappa shape index (κ2) is 10.4. The van der Waals surface area contributed by atoms with Crippen LogP contribution in [-0.2, 0) is 6.54 Å². The summed E-state index contributed by atoms with van der Waals surface area (Å²) in [6.45, 7) is 7.57. The third-order valence-corrected chi connectivity index (χ3v) is 7.51. The van der Waals surface area contributed by atoms with Gasteiger partial charge in [0.1, 0.15) is 17.3 Å². The zero-order valence-corrected chi connectivity index (χ0v) is 21.0. The van der Waals surface area contributed by atoms with Gasteiger partial charge in [-0.1, -0.05) is 12.1 Å². The molecule has 0 atom stereocenters. The van der Waals surface area contributed by atoms with Gasteiger partial charge in [-0.3, -0.25) is 14.5 Å². The molecule has 4 heterocycles. The zero-order chi connectivity index (χ0) is 25.2. The molecule has 7 nitrogen and oxygen atoms in total. The molecule has 1 amide bonds. The number of likely N-dealkylation sites (tertiary alicyclic amines) is 2. The Morgan fingerprint density at radius 3 is 2.47 bits per heavy atom. The molecule has 0 saturated carbocycles. The molecule has 36 heavy (non-hydrogen) atoms. The van der Waals surface area contributed by atoms with E-state index in [4.69, 9.17) is 4.74 Å². The van der Waals surface area contributed by atoms with E-state index < -0.39 is 0 Å². The lowest BCUT2D eigenvalue weighted by atomic mass is 9.98. The molecule has 2 aliphatic rings. The number of ether oxygens (including phenoxy) is 1. The number of nitrogens with zero attached hydrogens (tertiary/aromatic N) is 4. The van der Waals surface area contributed by atoms with Crippen molar-refractivity contribution in [2.75, 3.05) is 26.2 Å². The molecule has 0 radical (unpaired) electrons. The molecular weight excluding hydrogens is 459 g/mol. The molecule has 0 spiro atoms. The van der Waals surface area contributed by atoms with Crippen molar-refractivity contribution in [1.82, 2.24) is 19.4 Å². The standard InChI is InChI=1S/C28H33FN4O3/c1-3-31-18-23(26(34)22-9-8-19(2)30-27(22)31)28(35)33-14-10-20(11-15-33)32-16-12-21(13-17-32)36-25-7-5-4-6-24(25)29/h4-9,18,20-21H,3,10-17H2,1-2H3. The van der Waals surface area contributed by atoms with E-state index in [2.05, 4.69) is 9.88 Å². The Balaban J connectivity index is 1.19. The van der Waals surface area contributed by atoms with E-state index in [0.717, 1.165) is 44.5 Å². The van der Waals surface area contributed by atoms with Crippen molar-refractivity contribution in [3.63, 3.8) is 0 Å². The summed E-state index contributed by atoms with van der Waals surface area (Å²) < 4.78 is 21.7. The van der Waals surface area contributed by atoms with Crippen molar-refractivity contribution in [3.8, 4) is 5.75 Å². The van der Waals surface area contributed by atoms with Crippen LogP contribution < -0.4 is 10.2 Å². The molecule has 2 aliphatic heterocycles. The Morgan fingerprint density at radius 2 is 1.78 bits per heavy atom. The van der Waals surface area contributed by atoms with Crippen molar-refractivity contribution in [2.45, 2.75) is 58.2 Å². The van der Waals surface area contributed by atoms with E-state index in [1.54, 1.807) is 30.5 Å². The molecule has 1 aromatic carbocycles. The maximum Gasteiger partial charge on any atom is 0.259 e. The van der Waals surface area contributed by atoms with Crippen LogP contribution in [-0.4, -0.2) is 63.6 Å². The van der Waals surface area contributed by atoms with Crippen molar-refractivity contribution in [1.29, 1.82) is 0 Å². The number of aromatic nitrogens is 2. The first-order valence-corrected chi connectivity index (χ1v) is 12.9. The van der Waals surface area contributed by atoms with Gasteiger partial charge >= 0.3 is 0 Å². The SMILES string of the molecule is CCn1cc(C(=O)N2CCC(N3CCC(Oc4ccccc4F)CC3)CC2)c(=O)c2ccc(C)nc21. The van der Waals surface area contributed by atoms with Crippen LogP contribution >= 0.6 is 0 Å². The molecular formula is C28H33FN4O3. The Hall–Kier alpha value is -3.26. The fraction of sp³-hybridized carbons (Fsp3) is 0.464. The largest absolute Gasteiger partial charge is 0.487 e. The number of amides is 1. The van der Waals surface area contributed by atoms with Crippen molar-refractivity contribution in [3.05, 3.63) is 69.9 Å². The molecule has 2 fully saturated rings. The van der Waals surface area contributed by atoms with Gasteiger partial charge < -0.3 is 14.2 Å². The molecule has 2 aromatic heterocycles. The number of fused-ring (bicyclic) bond motifs is 1. The number of rotatable bonds is 5. The van der Waals surface area contributed by atoms with Gasteiger partial charge in [-0.05, 0) is 63.8 Å². The van der Waals surface area contributed by atoms with Crippen LogP contribution in [0.15, 0.2) is 47.4 Å². The number of carbonyl (C=O) groups excluding carboxylic acids is 1. The van der Waals surface area contributed by atoms with Crippen LogP contribution in [0.4, 0.5) is 4.39 Å². The fourth-order valence-corrected chi connectivity index (χ4v) is 5.44. The average Bonchev–Trinajstić information content (AvgIpc) is 2.90. The highest BCUT2D eigenvalue weighted by Crippen LogP contribution is 2.26. The molecule has 3 aromatic rings. The molecule has 0 bridgehead atoms. The van der Waals surface area contributed by atoms with Gasteiger partial charge in [0.2, 0.25) is 5.43 Å². The third-order valence-electron chi connectivity index (χ3n) is 7.51. The van der Waals surface area contributed by atoms with Crippen LogP contribution in [0, 0.1) is 12.7 Å². The molecule has 190 valence electrons. The molecule has 0 aliphatic carbocycles. The van der Waals surface area contributed by atoms with E-state index in [9.17, 15) is 14.0 Å². The first-order valence-electron chi connectivity index (χ1n) is 12.9. The summed E-state index contributed by atoms with van der Waals surface area (Å²) in [5.74, 6) is -0.190. The number of hydrogen-bond acceptors (Lipinski definition) is 5. The highest BCUT2D eigenvalue weighted by atomic mass is 19.1. The zero-order valence-electron chi connectivity index (χ0n) is 21.0. The highest BCUT2D eigenvalue weighted by Gasteiger charge is 2.31. The van der Waals surface area contributed by atoms with Crippen LogP contribution in [0.3, 0.4) is 0 Å². The van der Waals surface area contributed by atoms with Crippen LogP contribution in [0.2, 0.25) is 0 Å². The lowest BCUT2D eigenvalue weighted by Gasteiger charge is -2.41. The summed E-state index contributed by atoms with van der Waals surface area (Å²) in [4.78, 5) is 35.3. The van der Waals surface area contributed by atoms with Gasteiger partial charge in [0.25, 0.3) is 5.91 Å². The molecule has 0 unspecified atom stereocenters. The minimum Gasteiger partial charge on any atom is -0.487 e. The lowest BCUT2D eigenvalue weighted by Crippen LogP contribution is -2.50. The average molecular weight is 493 g/mol.